The van der Waals surface area contributed by atoms with Gasteiger partial charge in [0.15, 0.2) is 0 Å². The van der Waals surface area contributed by atoms with Gasteiger partial charge in [-0.15, -0.1) is 0 Å². The quantitative estimate of drug-likeness (QED) is 0.573. The Hall–Kier alpha value is -3.02. The smallest absolute Gasteiger partial charge is 0.260 e. The van der Waals surface area contributed by atoms with Crippen LogP contribution in [0.4, 0.5) is 10.3 Å². The molecule has 5 nitrogen and oxygen atoms in total. The van der Waals surface area contributed by atoms with Crippen molar-refractivity contribution in [1.29, 1.82) is 0 Å². The largest absolute Gasteiger partial charge is 0.291 e. The highest BCUT2D eigenvalue weighted by Crippen LogP contribution is 2.07. The Balaban J connectivity index is 1.84. The molecule has 0 saturated carbocycles. The molecule has 3 rings (SSSR count). The third kappa shape index (κ3) is 2.94. The molecule has 0 spiro atoms. The van der Waals surface area contributed by atoms with E-state index in [1.54, 1.807) is 36.4 Å². The van der Waals surface area contributed by atoms with Crippen LogP contribution >= 0.6 is 0 Å². The molecule has 0 bridgehead atoms. The molecule has 21 heavy (non-hydrogen) atoms. The van der Waals surface area contributed by atoms with Crippen molar-refractivity contribution in [3.8, 4) is 0 Å². The van der Waals surface area contributed by atoms with Gasteiger partial charge in [-0.05, 0) is 29.8 Å². The van der Waals surface area contributed by atoms with Gasteiger partial charge < -0.3 is 0 Å². The topological polar surface area (TPSA) is 70.1 Å². The molecule has 1 aromatic heterocycles. The van der Waals surface area contributed by atoms with Crippen LogP contribution in [0.1, 0.15) is 5.56 Å². The number of fused-ring (bicyclic) bond motifs is 1. The first-order valence-electron chi connectivity index (χ1n) is 6.26. The highest BCUT2D eigenvalue weighted by atomic mass is 19.1. The molecule has 0 fully saturated rings. The summed E-state index contributed by atoms with van der Waals surface area (Å²) in [6.07, 6.45) is 1.44. The summed E-state index contributed by atoms with van der Waals surface area (Å²) >= 11 is 0. The Morgan fingerprint density at radius 1 is 1.19 bits per heavy atom. The second kappa shape index (κ2) is 5.54. The predicted octanol–water partition coefficient (Wildman–Crippen LogP) is 2.51. The Labute approximate surface area is 119 Å². The van der Waals surface area contributed by atoms with Crippen molar-refractivity contribution in [2.75, 3.05) is 5.43 Å². The van der Waals surface area contributed by atoms with Gasteiger partial charge in [0, 0.05) is 0 Å². The fourth-order valence-electron chi connectivity index (χ4n) is 1.89. The van der Waals surface area contributed by atoms with E-state index in [-0.39, 0.29) is 17.3 Å². The van der Waals surface area contributed by atoms with E-state index in [2.05, 4.69) is 20.5 Å². The van der Waals surface area contributed by atoms with Crippen LogP contribution in [0.25, 0.3) is 10.9 Å². The highest BCUT2D eigenvalue weighted by molar-refractivity contribution is 5.80. The zero-order chi connectivity index (χ0) is 14.7. The van der Waals surface area contributed by atoms with Gasteiger partial charge in [-0.1, -0.05) is 24.3 Å². The standard InChI is InChI=1S/C15H11FN4O/c16-11-5-3-4-10(8-11)9-17-20-15-18-13-7-2-1-6-12(13)14(21)19-15/h1-9H,(H2,18,19,20,21)/b17-9-. The third-order valence-electron chi connectivity index (χ3n) is 2.85. The van der Waals surface area contributed by atoms with E-state index in [0.717, 1.165) is 0 Å². The lowest BCUT2D eigenvalue weighted by Crippen LogP contribution is -2.10. The molecule has 1 heterocycles. The van der Waals surface area contributed by atoms with E-state index in [9.17, 15) is 9.18 Å². The monoisotopic (exact) mass is 282 g/mol. The van der Waals surface area contributed by atoms with Gasteiger partial charge in [0.1, 0.15) is 5.82 Å². The SMILES string of the molecule is O=c1[nH]c(N/N=C\c2cccc(F)c2)nc2ccccc12. The Kier molecular flexibility index (Phi) is 3.42. The van der Waals surface area contributed by atoms with Crippen LogP contribution in [0.3, 0.4) is 0 Å². The van der Waals surface area contributed by atoms with Crippen molar-refractivity contribution >= 4 is 23.1 Å². The first kappa shape index (κ1) is 13.0. The van der Waals surface area contributed by atoms with Crippen LogP contribution in [-0.2, 0) is 0 Å². The van der Waals surface area contributed by atoms with Gasteiger partial charge in [-0.3, -0.25) is 9.78 Å². The van der Waals surface area contributed by atoms with E-state index in [1.807, 2.05) is 0 Å². The number of aromatic amines is 1. The van der Waals surface area contributed by atoms with Crippen molar-refractivity contribution < 1.29 is 4.39 Å². The van der Waals surface area contributed by atoms with E-state index < -0.39 is 0 Å². The second-order valence-corrected chi connectivity index (χ2v) is 4.36. The fourth-order valence-corrected chi connectivity index (χ4v) is 1.89. The summed E-state index contributed by atoms with van der Waals surface area (Å²) in [6.45, 7) is 0. The molecule has 0 radical (unpaired) electrons. The van der Waals surface area contributed by atoms with Gasteiger partial charge >= 0.3 is 0 Å². The number of benzene rings is 2. The summed E-state index contributed by atoms with van der Waals surface area (Å²) in [5.74, 6) is -0.109. The van der Waals surface area contributed by atoms with Crippen LogP contribution in [0.2, 0.25) is 0 Å². The first-order valence-corrected chi connectivity index (χ1v) is 6.26. The number of rotatable bonds is 3. The second-order valence-electron chi connectivity index (χ2n) is 4.36. The third-order valence-corrected chi connectivity index (χ3v) is 2.85. The normalized spacial score (nSPS) is 11.1. The number of aromatic nitrogens is 2. The average molecular weight is 282 g/mol. The van der Waals surface area contributed by atoms with Crippen molar-refractivity contribution in [2.24, 2.45) is 5.10 Å². The number of hydrogen-bond acceptors (Lipinski definition) is 4. The zero-order valence-electron chi connectivity index (χ0n) is 10.9. The minimum absolute atomic E-state index is 0.228. The molecule has 6 heteroatoms. The molecule has 2 N–H and O–H groups in total. The van der Waals surface area contributed by atoms with E-state index in [4.69, 9.17) is 0 Å². The molecular weight excluding hydrogens is 271 g/mol. The summed E-state index contributed by atoms with van der Waals surface area (Å²) < 4.78 is 13.0. The van der Waals surface area contributed by atoms with E-state index in [1.165, 1.54) is 18.3 Å². The van der Waals surface area contributed by atoms with E-state index >= 15 is 0 Å². The van der Waals surface area contributed by atoms with Crippen molar-refractivity contribution in [1.82, 2.24) is 9.97 Å². The van der Waals surface area contributed by atoms with Crippen LogP contribution in [0.15, 0.2) is 58.4 Å². The number of anilines is 1. The lowest BCUT2D eigenvalue weighted by atomic mass is 10.2. The van der Waals surface area contributed by atoms with Gasteiger partial charge in [0.2, 0.25) is 5.95 Å². The number of nitrogens with one attached hydrogen (secondary N) is 2. The maximum Gasteiger partial charge on any atom is 0.260 e. The Morgan fingerprint density at radius 2 is 2.05 bits per heavy atom. The number of hydrazone groups is 1. The fraction of sp³-hybridized carbons (Fsp3) is 0. The van der Waals surface area contributed by atoms with Crippen molar-refractivity contribution in [3.63, 3.8) is 0 Å². The minimum atomic E-state index is -0.337. The predicted molar refractivity (Wildman–Crippen MR) is 80.0 cm³/mol. The summed E-state index contributed by atoms with van der Waals surface area (Å²) in [4.78, 5) is 18.7. The number of halogens is 1. The maximum atomic E-state index is 13.0. The molecule has 0 aliphatic carbocycles. The summed E-state index contributed by atoms with van der Waals surface area (Å²) in [6, 6.07) is 13.0. The van der Waals surface area contributed by atoms with Gasteiger partial charge in [-0.25, -0.2) is 14.8 Å². The zero-order valence-corrected chi connectivity index (χ0v) is 10.9. The average Bonchev–Trinajstić information content (AvgIpc) is 2.47. The lowest BCUT2D eigenvalue weighted by Gasteiger charge is -2.01. The first-order chi connectivity index (χ1) is 10.2. The number of para-hydroxylation sites is 1. The molecule has 0 aliphatic heterocycles. The molecule has 3 aromatic rings. The van der Waals surface area contributed by atoms with Crippen LogP contribution in [-0.4, -0.2) is 16.2 Å². The van der Waals surface area contributed by atoms with Gasteiger partial charge in [0.05, 0.1) is 17.1 Å². The molecule has 0 amide bonds. The molecule has 104 valence electrons. The summed E-state index contributed by atoms with van der Waals surface area (Å²) in [5, 5.41) is 4.44. The van der Waals surface area contributed by atoms with Gasteiger partial charge in [0.25, 0.3) is 5.56 Å². The summed E-state index contributed by atoms with van der Waals surface area (Å²) in [7, 11) is 0. The highest BCUT2D eigenvalue weighted by Gasteiger charge is 2.01. The van der Waals surface area contributed by atoms with E-state index in [0.29, 0.717) is 16.5 Å². The van der Waals surface area contributed by atoms with Crippen molar-refractivity contribution in [2.45, 2.75) is 0 Å². The van der Waals surface area contributed by atoms with Crippen molar-refractivity contribution in [3.05, 3.63) is 70.3 Å². The minimum Gasteiger partial charge on any atom is -0.291 e. The van der Waals surface area contributed by atoms with Crippen LogP contribution in [0, 0.1) is 5.82 Å². The summed E-state index contributed by atoms with van der Waals surface area (Å²) in [5.41, 5.74) is 3.56. The molecule has 0 aliphatic rings. The van der Waals surface area contributed by atoms with Crippen LogP contribution in [0.5, 0.6) is 0 Å². The number of nitrogens with zero attached hydrogens (tertiary/aromatic N) is 2. The molecule has 0 unspecified atom stereocenters. The lowest BCUT2D eigenvalue weighted by molar-refractivity contribution is 0.627. The molecule has 0 saturated heterocycles. The number of H-pyrrole nitrogens is 1. The maximum absolute atomic E-state index is 13.0. The Morgan fingerprint density at radius 3 is 2.90 bits per heavy atom. The molecule has 2 aromatic carbocycles. The van der Waals surface area contributed by atoms with Crippen LogP contribution < -0.4 is 11.0 Å². The Bertz CT molecular complexity index is 873. The molecule has 0 atom stereocenters. The number of hydrogen-bond donors (Lipinski definition) is 2. The molecular formula is C15H11FN4O. The van der Waals surface area contributed by atoms with Gasteiger partial charge in [-0.2, -0.15) is 5.10 Å².